The highest BCUT2D eigenvalue weighted by Gasteiger charge is 2.16. The third-order valence-corrected chi connectivity index (χ3v) is 5.15. The van der Waals surface area contributed by atoms with Gasteiger partial charge in [0.2, 0.25) is 5.91 Å². The number of benzene rings is 2. The monoisotopic (exact) mass is 351 g/mol. The van der Waals surface area contributed by atoms with E-state index >= 15 is 0 Å². The molecular formula is C17H18FNO4S. The molecule has 0 saturated heterocycles. The van der Waals surface area contributed by atoms with Crippen LogP contribution < -0.4 is 10.1 Å². The highest BCUT2D eigenvalue weighted by Crippen LogP contribution is 2.13. The standard InChI is InChI=1S/C17H18FNO4S/c1-23-15-6-2-13(3-7-15)12-19-17(20)10-11-24(21,22)16-8-4-14(18)5-9-16/h2-9H,10-12H2,1H3,(H,19,20). The van der Waals surface area contributed by atoms with E-state index in [2.05, 4.69) is 5.32 Å². The summed E-state index contributed by atoms with van der Waals surface area (Å²) in [5.41, 5.74) is 0.880. The van der Waals surface area contributed by atoms with Gasteiger partial charge in [-0.15, -0.1) is 0 Å². The van der Waals surface area contributed by atoms with E-state index in [0.717, 1.165) is 23.4 Å². The molecule has 5 nitrogen and oxygen atoms in total. The second-order valence-electron chi connectivity index (χ2n) is 5.15. The lowest BCUT2D eigenvalue weighted by atomic mass is 10.2. The SMILES string of the molecule is COc1ccc(CNC(=O)CCS(=O)(=O)c2ccc(F)cc2)cc1. The van der Waals surface area contributed by atoms with Gasteiger partial charge < -0.3 is 10.1 Å². The average molecular weight is 351 g/mol. The average Bonchev–Trinajstić information content (AvgIpc) is 2.59. The van der Waals surface area contributed by atoms with Crippen LogP contribution in [-0.2, 0) is 21.2 Å². The molecule has 0 aromatic heterocycles. The maximum atomic E-state index is 12.8. The van der Waals surface area contributed by atoms with Crippen molar-refractivity contribution in [1.82, 2.24) is 5.32 Å². The molecule has 7 heteroatoms. The number of ether oxygens (including phenoxy) is 1. The van der Waals surface area contributed by atoms with Gasteiger partial charge in [-0.1, -0.05) is 12.1 Å². The molecule has 0 aliphatic heterocycles. The van der Waals surface area contributed by atoms with Crippen LogP contribution in [0.2, 0.25) is 0 Å². The van der Waals surface area contributed by atoms with E-state index in [1.807, 2.05) is 12.1 Å². The Balaban J connectivity index is 1.84. The van der Waals surface area contributed by atoms with Crippen LogP contribution in [-0.4, -0.2) is 27.2 Å². The number of carbonyl (C=O) groups is 1. The smallest absolute Gasteiger partial charge is 0.221 e. The van der Waals surface area contributed by atoms with Crippen LogP contribution in [0.15, 0.2) is 53.4 Å². The van der Waals surface area contributed by atoms with Gasteiger partial charge in [0, 0.05) is 13.0 Å². The van der Waals surface area contributed by atoms with Crippen molar-refractivity contribution >= 4 is 15.7 Å². The van der Waals surface area contributed by atoms with Gasteiger partial charge in [0.25, 0.3) is 0 Å². The van der Waals surface area contributed by atoms with Crippen LogP contribution >= 0.6 is 0 Å². The van der Waals surface area contributed by atoms with Crippen molar-refractivity contribution in [3.63, 3.8) is 0 Å². The van der Waals surface area contributed by atoms with E-state index in [1.54, 1.807) is 19.2 Å². The van der Waals surface area contributed by atoms with Gasteiger partial charge in [-0.05, 0) is 42.0 Å². The van der Waals surface area contributed by atoms with Crippen LogP contribution in [0.25, 0.3) is 0 Å². The van der Waals surface area contributed by atoms with Crippen molar-refractivity contribution in [1.29, 1.82) is 0 Å². The highest BCUT2D eigenvalue weighted by molar-refractivity contribution is 7.91. The molecule has 0 aliphatic rings. The Kier molecular flexibility index (Phi) is 5.92. The summed E-state index contributed by atoms with van der Waals surface area (Å²) in [5.74, 6) is -0.481. The zero-order valence-electron chi connectivity index (χ0n) is 13.2. The van der Waals surface area contributed by atoms with Crippen molar-refractivity contribution in [2.45, 2.75) is 17.9 Å². The van der Waals surface area contributed by atoms with Crippen LogP contribution in [0.4, 0.5) is 4.39 Å². The summed E-state index contributed by atoms with van der Waals surface area (Å²) in [6.45, 7) is 0.305. The molecule has 2 aromatic rings. The van der Waals surface area contributed by atoms with E-state index in [0.29, 0.717) is 6.54 Å². The van der Waals surface area contributed by atoms with Gasteiger partial charge >= 0.3 is 0 Å². The molecule has 24 heavy (non-hydrogen) atoms. The lowest BCUT2D eigenvalue weighted by Crippen LogP contribution is -2.25. The summed E-state index contributed by atoms with van der Waals surface area (Å²) in [7, 11) is -2.04. The minimum absolute atomic E-state index is 0.00635. The number of halogens is 1. The molecule has 1 N–H and O–H groups in total. The number of sulfone groups is 1. The summed E-state index contributed by atoms with van der Waals surface area (Å²) >= 11 is 0. The molecule has 0 unspecified atom stereocenters. The van der Waals surface area contributed by atoms with E-state index in [4.69, 9.17) is 4.74 Å². The fourth-order valence-corrected chi connectivity index (χ4v) is 3.26. The third-order valence-electron chi connectivity index (χ3n) is 3.42. The number of carbonyl (C=O) groups excluding carboxylic acids is 1. The summed E-state index contributed by atoms with van der Waals surface area (Å²) in [5, 5.41) is 2.67. The zero-order valence-corrected chi connectivity index (χ0v) is 14.0. The molecule has 1 amide bonds. The predicted octanol–water partition coefficient (Wildman–Crippen LogP) is 2.31. The fourth-order valence-electron chi connectivity index (χ4n) is 2.02. The molecule has 2 rings (SSSR count). The molecular weight excluding hydrogens is 333 g/mol. The first-order valence-electron chi connectivity index (χ1n) is 7.29. The van der Waals surface area contributed by atoms with Crippen LogP contribution in [0.3, 0.4) is 0 Å². The Morgan fingerprint density at radius 2 is 1.71 bits per heavy atom. The van der Waals surface area contributed by atoms with Crippen LogP contribution in [0.5, 0.6) is 5.75 Å². The molecule has 0 saturated carbocycles. The van der Waals surface area contributed by atoms with Gasteiger partial charge in [-0.3, -0.25) is 4.79 Å². The van der Waals surface area contributed by atoms with E-state index < -0.39 is 15.7 Å². The normalized spacial score (nSPS) is 11.1. The summed E-state index contributed by atoms with van der Waals surface area (Å²) < 4.78 is 42.0. The quantitative estimate of drug-likeness (QED) is 0.777. The molecule has 128 valence electrons. The minimum Gasteiger partial charge on any atom is -0.497 e. The topological polar surface area (TPSA) is 72.5 Å². The van der Waals surface area contributed by atoms with Crippen molar-refractivity contribution in [3.8, 4) is 5.75 Å². The van der Waals surface area contributed by atoms with Gasteiger partial charge in [0.15, 0.2) is 9.84 Å². The van der Waals surface area contributed by atoms with Gasteiger partial charge in [0.1, 0.15) is 11.6 Å². The molecule has 0 radical (unpaired) electrons. The maximum absolute atomic E-state index is 12.8. The third kappa shape index (κ3) is 5.06. The highest BCUT2D eigenvalue weighted by atomic mass is 32.2. The van der Waals surface area contributed by atoms with Gasteiger partial charge in [-0.25, -0.2) is 12.8 Å². The van der Waals surface area contributed by atoms with Crippen LogP contribution in [0.1, 0.15) is 12.0 Å². The molecule has 2 aromatic carbocycles. The number of amides is 1. The molecule has 0 fully saturated rings. The molecule has 0 heterocycles. The lowest BCUT2D eigenvalue weighted by molar-refractivity contribution is -0.120. The number of rotatable bonds is 7. The number of hydrogen-bond acceptors (Lipinski definition) is 4. The van der Waals surface area contributed by atoms with E-state index in [-0.39, 0.29) is 23.0 Å². The maximum Gasteiger partial charge on any atom is 0.221 e. The molecule has 0 spiro atoms. The van der Waals surface area contributed by atoms with Crippen molar-refractivity contribution < 1.29 is 22.3 Å². The summed E-state index contributed by atoms with van der Waals surface area (Å²) in [4.78, 5) is 11.8. The summed E-state index contributed by atoms with van der Waals surface area (Å²) in [6.07, 6.45) is -0.157. The number of methoxy groups -OCH3 is 1. The Bertz CT molecular complexity index is 786. The van der Waals surface area contributed by atoms with E-state index in [1.165, 1.54) is 12.1 Å². The number of hydrogen-bond donors (Lipinski definition) is 1. The Hall–Kier alpha value is -2.41. The Morgan fingerprint density at radius 1 is 1.08 bits per heavy atom. The molecule has 0 aliphatic carbocycles. The van der Waals surface area contributed by atoms with Gasteiger partial charge in [-0.2, -0.15) is 0 Å². The first-order chi connectivity index (χ1) is 11.4. The first-order valence-corrected chi connectivity index (χ1v) is 8.94. The predicted molar refractivity (Wildman–Crippen MR) is 87.9 cm³/mol. The van der Waals surface area contributed by atoms with E-state index in [9.17, 15) is 17.6 Å². The second kappa shape index (κ2) is 7.92. The van der Waals surface area contributed by atoms with Crippen molar-refractivity contribution in [2.24, 2.45) is 0 Å². The zero-order chi connectivity index (χ0) is 17.6. The second-order valence-corrected chi connectivity index (χ2v) is 7.26. The van der Waals surface area contributed by atoms with Gasteiger partial charge in [0.05, 0.1) is 17.8 Å². The fraction of sp³-hybridized carbons (Fsp3) is 0.235. The van der Waals surface area contributed by atoms with Crippen LogP contribution in [0, 0.1) is 5.82 Å². The minimum atomic E-state index is -3.61. The molecule has 0 atom stereocenters. The molecule has 0 bridgehead atoms. The Morgan fingerprint density at radius 3 is 2.29 bits per heavy atom. The van der Waals surface area contributed by atoms with Crippen molar-refractivity contribution in [2.75, 3.05) is 12.9 Å². The lowest BCUT2D eigenvalue weighted by Gasteiger charge is -2.07. The first kappa shape index (κ1) is 17.9. The van der Waals surface area contributed by atoms with Crippen molar-refractivity contribution in [3.05, 3.63) is 59.9 Å². The Labute approximate surface area is 140 Å². The number of nitrogens with one attached hydrogen (secondary N) is 1. The summed E-state index contributed by atoms with van der Waals surface area (Å²) in [6, 6.07) is 11.7. The largest absolute Gasteiger partial charge is 0.497 e.